The molecule has 12 heteroatoms. The molecule has 1 amide bonds. The molecule has 2 fully saturated rings. The summed E-state index contributed by atoms with van der Waals surface area (Å²) in [5.41, 5.74) is -0.490. The number of carbonyl (C=O) groups excluding carboxylic acids is 1. The van der Waals surface area contributed by atoms with Crippen LogP contribution in [0.25, 0.3) is 0 Å². The molecular weight excluding hydrogens is 425 g/mol. The van der Waals surface area contributed by atoms with Crippen molar-refractivity contribution in [3.8, 4) is 0 Å². The fourth-order valence-corrected chi connectivity index (χ4v) is 4.06. The lowest BCUT2D eigenvalue weighted by Crippen LogP contribution is -2.46. The number of alkyl halides is 3. The maximum absolute atomic E-state index is 12.9. The molecule has 0 spiro atoms. The highest BCUT2D eigenvalue weighted by Crippen LogP contribution is 2.42. The quantitative estimate of drug-likeness (QED) is 0.743. The largest absolute Gasteiger partial charge is 0.490 e. The molecule has 30 heavy (non-hydrogen) atoms. The van der Waals surface area contributed by atoms with Crippen LogP contribution in [0.1, 0.15) is 4.88 Å². The van der Waals surface area contributed by atoms with Crippen molar-refractivity contribution in [3.05, 3.63) is 40.8 Å². The summed E-state index contributed by atoms with van der Waals surface area (Å²) < 4.78 is 37.4. The predicted octanol–water partition coefficient (Wildman–Crippen LogP) is 1.94. The van der Waals surface area contributed by atoms with Crippen LogP contribution in [0.5, 0.6) is 0 Å². The Morgan fingerprint density at radius 1 is 1.33 bits per heavy atom. The average Bonchev–Trinajstić information content (AvgIpc) is 3.42. The minimum Gasteiger partial charge on any atom is -0.475 e. The van der Waals surface area contributed by atoms with Crippen molar-refractivity contribution >= 4 is 29.2 Å². The third-order valence-corrected chi connectivity index (χ3v) is 5.78. The van der Waals surface area contributed by atoms with Crippen molar-refractivity contribution < 1.29 is 32.6 Å². The van der Waals surface area contributed by atoms with Gasteiger partial charge in [0, 0.05) is 36.3 Å². The van der Waals surface area contributed by atoms with Gasteiger partial charge in [-0.3, -0.25) is 4.79 Å². The summed E-state index contributed by atoms with van der Waals surface area (Å²) in [4.78, 5) is 33.6. The summed E-state index contributed by atoms with van der Waals surface area (Å²) >= 11 is 1.65. The minimum absolute atomic E-state index is 0.0758. The molecule has 2 aliphatic rings. The zero-order valence-corrected chi connectivity index (χ0v) is 16.4. The van der Waals surface area contributed by atoms with Crippen LogP contribution in [0.2, 0.25) is 0 Å². The number of nitrogens with zero attached hydrogens (tertiary/aromatic N) is 3. The molecule has 0 bridgehead atoms. The Balaban J connectivity index is 0.000000318. The Morgan fingerprint density at radius 2 is 2.03 bits per heavy atom. The van der Waals surface area contributed by atoms with Gasteiger partial charge in [-0.25, -0.2) is 14.8 Å². The highest BCUT2D eigenvalue weighted by molar-refractivity contribution is 7.09. The number of halogens is 3. The monoisotopic (exact) mass is 444 g/mol. The molecule has 4 heterocycles. The number of rotatable bonds is 4. The molecule has 0 aliphatic carbocycles. The van der Waals surface area contributed by atoms with E-state index < -0.39 is 17.6 Å². The Kier molecular flexibility index (Phi) is 6.56. The fourth-order valence-electron chi connectivity index (χ4n) is 3.42. The first-order valence-electron chi connectivity index (χ1n) is 8.93. The Hall–Kier alpha value is -2.73. The molecule has 2 aromatic heterocycles. The van der Waals surface area contributed by atoms with Crippen molar-refractivity contribution in [2.75, 3.05) is 31.2 Å². The van der Waals surface area contributed by atoms with Gasteiger partial charge in [-0.05, 0) is 17.5 Å². The number of amides is 1. The van der Waals surface area contributed by atoms with E-state index in [2.05, 4.69) is 20.2 Å². The number of anilines is 1. The molecule has 2 aliphatic heterocycles. The number of carboxylic acids is 1. The molecule has 2 saturated heterocycles. The second kappa shape index (κ2) is 8.96. The van der Waals surface area contributed by atoms with E-state index in [9.17, 15) is 18.0 Å². The number of aliphatic carboxylic acids is 1. The van der Waals surface area contributed by atoms with Gasteiger partial charge >= 0.3 is 12.1 Å². The zero-order chi connectivity index (χ0) is 21.8. The smallest absolute Gasteiger partial charge is 0.475 e. The summed E-state index contributed by atoms with van der Waals surface area (Å²) in [5, 5.41) is 12.2. The summed E-state index contributed by atoms with van der Waals surface area (Å²) in [7, 11) is 0. The lowest BCUT2D eigenvalue weighted by molar-refractivity contribution is -0.192. The highest BCUT2D eigenvalue weighted by Gasteiger charge is 2.56. The van der Waals surface area contributed by atoms with Crippen LogP contribution in [0.15, 0.2) is 36.0 Å². The van der Waals surface area contributed by atoms with Gasteiger partial charge in [-0.2, -0.15) is 13.2 Å². The summed E-state index contributed by atoms with van der Waals surface area (Å²) in [6.07, 6.45) is -1.62. The van der Waals surface area contributed by atoms with E-state index in [4.69, 9.17) is 14.6 Å². The number of carboxylic acid groups (broad SMARTS) is 1. The number of carbonyl (C=O) groups is 2. The second-order valence-corrected chi connectivity index (χ2v) is 7.89. The normalized spacial score (nSPS) is 22.8. The van der Waals surface area contributed by atoms with Crippen LogP contribution in [0.4, 0.5) is 19.1 Å². The van der Waals surface area contributed by atoms with Crippen molar-refractivity contribution in [3.63, 3.8) is 0 Å². The van der Waals surface area contributed by atoms with Crippen LogP contribution in [-0.2, 0) is 20.9 Å². The van der Waals surface area contributed by atoms with Crippen LogP contribution in [0.3, 0.4) is 0 Å². The van der Waals surface area contributed by atoms with Crippen LogP contribution >= 0.6 is 11.3 Å². The first kappa shape index (κ1) is 22.0. The number of hydrogen-bond donors (Lipinski definition) is 2. The number of nitrogens with one attached hydrogen (secondary N) is 1. The van der Waals surface area contributed by atoms with Crippen LogP contribution in [-0.4, -0.2) is 59.4 Å². The van der Waals surface area contributed by atoms with Crippen molar-refractivity contribution in [2.24, 2.45) is 11.3 Å². The van der Waals surface area contributed by atoms with Crippen LogP contribution in [0, 0.1) is 11.3 Å². The van der Waals surface area contributed by atoms with E-state index in [-0.39, 0.29) is 11.8 Å². The van der Waals surface area contributed by atoms with Crippen molar-refractivity contribution in [1.82, 2.24) is 15.3 Å². The molecule has 0 aromatic carbocycles. The molecule has 0 saturated carbocycles. The molecule has 162 valence electrons. The molecule has 2 aromatic rings. The van der Waals surface area contributed by atoms with Crippen molar-refractivity contribution in [1.29, 1.82) is 0 Å². The summed E-state index contributed by atoms with van der Waals surface area (Å²) in [6, 6.07) is 5.83. The average molecular weight is 444 g/mol. The van der Waals surface area contributed by atoms with E-state index >= 15 is 0 Å². The number of thiophene rings is 1. The zero-order valence-electron chi connectivity index (χ0n) is 15.6. The van der Waals surface area contributed by atoms with E-state index in [0.717, 1.165) is 11.4 Å². The van der Waals surface area contributed by atoms with Gasteiger partial charge < -0.3 is 20.1 Å². The minimum atomic E-state index is -5.08. The highest BCUT2D eigenvalue weighted by atomic mass is 32.1. The van der Waals surface area contributed by atoms with E-state index in [1.165, 1.54) is 0 Å². The number of aromatic nitrogens is 2. The van der Waals surface area contributed by atoms with Gasteiger partial charge in [0.1, 0.15) is 0 Å². The fraction of sp³-hybridized carbons (Fsp3) is 0.444. The molecule has 8 nitrogen and oxygen atoms in total. The third kappa shape index (κ3) is 4.87. The van der Waals surface area contributed by atoms with E-state index in [0.29, 0.717) is 32.3 Å². The summed E-state index contributed by atoms with van der Waals surface area (Å²) in [5.74, 6) is -1.80. The molecule has 2 N–H and O–H groups in total. The van der Waals surface area contributed by atoms with E-state index in [1.54, 1.807) is 29.8 Å². The number of ether oxygens (including phenoxy) is 1. The van der Waals surface area contributed by atoms with Crippen LogP contribution < -0.4 is 10.2 Å². The summed E-state index contributed by atoms with van der Waals surface area (Å²) in [6.45, 7) is 3.04. The predicted molar refractivity (Wildman–Crippen MR) is 101 cm³/mol. The second-order valence-electron chi connectivity index (χ2n) is 6.86. The van der Waals surface area contributed by atoms with Crippen molar-refractivity contribution in [2.45, 2.75) is 12.7 Å². The number of fused-ring (bicyclic) bond motifs is 1. The lowest BCUT2D eigenvalue weighted by Gasteiger charge is -2.25. The van der Waals surface area contributed by atoms with Gasteiger partial charge in [0.25, 0.3) is 0 Å². The maximum atomic E-state index is 12.9. The van der Waals surface area contributed by atoms with Gasteiger partial charge in [0.15, 0.2) is 0 Å². The first-order valence-corrected chi connectivity index (χ1v) is 9.81. The molecular formula is C18H19F3N4O4S. The molecule has 0 unspecified atom stereocenters. The van der Waals surface area contributed by atoms with Gasteiger partial charge in [-0.1, -0.05) is 6.07 Å². The standard InChI is InChI=1S/C16H18N4O2S.C2HF3O2/c21-14(19-7-13-3-1-6-23-13)16-10-20(8-12(16)9-22-11-16)15-17-4-2-5-18-15;3-2(4,5)1(6)7/h1-6,12H,7-11H2,(H,19,21);(H,6,7)/t12-,16-;/m1./s1. The Labute approximate surface area is 173 Å². The molecule has 2 atom stereocenters. The Morgan fingerprint density at radius 3 is 2.63 bits per heavy atom. The molecule has 0 radical (unpaired) electrons. The van der Waals surface area contributed by atoms with E-state index in [1.807, 2.05) is 17.5 Å². The molecule has 4 rings (SSSR count). The van der Waals surface area contributed by atoms with Gasteiger partial charge in [0.05, 0.1) is 25.2 Å². The van der Waals surface area contributed by atoms with Gasteiger partial charge in [-0.15, -0.1) is 11.3 Å². The maximum Gasteiger partial charge on any atom is 0.490 e. The SMILES string of the molecule is O=C(NCc1cccs1)[C@]12COC[C@H]1CN(c1ncccn1)C2.O=C(O)C(F)(F)F. The third-order valence-electron chi connectivity index (χ3n) is 4.91. The first-order chi connectivity index (χ1) is 14.2. The van der Waals surface area contributed by atoms with Gasteiger partial charge in [0.2, 0.25) is 11.9 Å². The Bertz CT molecular complexity index is 866. The topological polar surface area (TPSA) is 105 Å². The number of hydrogen-bond acceptors (Lipinski definition) is 7. The lowest BCUT2D eigenvalue weighted by atomic mass is 9.80.